The second-order valence-electron chi connectivity index (χ2n) is 8.69. The molecule has 5 rings (SSSR count). The van der Waals surface area contributed by atoms with Crippen LogP contribution in [0.1, 0.15) is 64.2 Å². The lowest BCUT2D eigenvalue weighted by Crippen LogP contribution is -2.73. The number of rotatable bonds is 1. The summed E-state index contributed by atoms with van der Waals surface area (Å²) in [5.74, 6) is 0.199. The van der Waals surface area contributed by atoms with E-state index in [-0.39, 0.29) is 17.9 Å². The molecule has 5 heterocycles. The number of carbonyl (C=O) groups excluding carboxylic acids is 1. The van der Waals surface area contributed by atoms with Crippen LogP contribution in [-0.4, -0.2) is 60.7 Å². The molecular weight excluding hydrogens is 346 g/mol. The Morgan fingerprint density at radius 1 is 1.15 bits per heavy atom. The topological polar surface area (TPSA) is 76.2 Å². The van der Waals surface area contributed by atoms with Crippen LogP contribution < -0.4 is 10.3 Å². The molecule has 0 aromatic rings. The van der Waals surface area contributed by atoms with Crippen molar-refractivity contribution in [2.45, 2.75) is 87.7 Å². The maximum atomic E-state index is 12.8. The van der Waals surface area contributed by atoms with Crippen molar-refractivity contribution in [1.29, 1.82) is 0 Å². The number of hydrogen-bond acceptors (Lipinski definition) is 6. The van der Waals surface area contributed by atoms with Gasteiger partial charge in [-0.3, -0.25) is 9.69 Å². The summed E-state index contributed by atoms with van der Waals surface area (Å²) in [4.78, 5) is 20.2. The molecule has 148 valence electrons. The summed E-state index contributed by atoms with van der Waals surface area (Å²) in [5.41, 5.74) is -1.25. The van der Waals surface area contributed by atoms with E-state index in [0.29, 0.717) is 12.6 Å². The zero-order chi connectivity index (χ0) is 18.5. The van der Waals surface area contributed by atoms with Crippen molar-refractivity contribution in [2.24, 2.45) is 5.92 Å². The van der Waals surface area contributed by atoms with Gasteiger partial charge in [-0.2, -0.15) is 0 Å². The van der Waals surface area contributed by atoms with Gasteiger partial charge in [-0.1, -0.05) is 16.7 Å². The summed E-state index contributed by atoms with van der Waals surface area (Å²) < 4.78 is 17.7. The molecule has 7 nitrogen and oxygen atoms in total. The van der Waals surface area contributed by atoms with E-state index in [0.717, 1.165) is 70.4 Å². The number of methoxy groups -OCH3 is 1. The monoisotopic (exact) mass is 376 g/mol. The molecule has 4 saturated heterocycles. The van der Waals surface area contributed by atoms with Crippen LogP contribution >= 0.6 is 0 Å². The van der Waals surface area contributed by atoms with Crippen LogP contribution in [-0.2, 0) is 19.0 Å². The molecule has 0 aliphatic carbocycles. The number of aliphatic imine (C=N–C) groups is 1. The summed E-state index contributed by atoms with van der Waals surface area (Å²) >= 11 is 0. The molecule has 5 aliphatic heterocycles. The van der Waals surface area contributed by atoms with Crippen LogP contribution in [0.4, 0.5) is 0 Å². The third-order valence-electron chi connectivity index (χ3n) is 7.11. The maximum absolute atomic E-state index is 12.8. The van der Waals surface area contributed by atoms with Crippen LogP contribution in [0.3, 0.4) is 0 Å². The SMILES string of the molecule is COC(=O)C1[C@H]2CC[C@H]3C[C@@]4(CCCCCO4)[N+]=C([N][C@@]14CCCCO4)N32. The van der Waals surface area contributed by atoms with E-state index in [2.05, 4.69) is 4.90 Å². The quantitative estimate of drug-likeness (QED) is 0.649. The molecule has 1 unspecified atom stereocenters. The second kappa shape index (κ2) is 6.62. The van der Waals surface area contributed by atoms with Gasteiger partial charge in [-0.05, 0) is 38.5 Å². The number of hydrogen-bond donors (Lipinski definition) is 0. The number of guanidine groups is 1. The van der Waals surface area contributed by atoms with Gasteiger partial charge < -0.3 is 14.2 Å². The molecule has 4 fully saturated rings. The fraction of sp³-hybridized carbons (Fsp3) is 0.900. The van der Waals surface area contributed by atoms with Gasteiger partial charge in [-0.15, -0.1) is 0 Å². The molecule has 7 heteroatoms. The summed E-state index contributed by atoms with van der Waals surface area (Å²) in [6.07, 6.45) is 10.1. The van der Waals surface area contributed by atoms with Crippen molar-refractivity contribution < 1.29 is 19.0 Å². The highest BCUT2D eigenvalue weighted by Gasteiger charge is 2.68. The van der Waals surface area contributed by atoms with E-state index in [1.807, 2.05) is 0 Å². The summed E-state index contributed by atoms with van der Waals surface area (Å²) in [7, 11) is 1.47. The summed E-state index contributed by atoms with van der Waals surface area (Å²) in [6.45, 7) is 1.42. The van der Waals surface area contributed by atoms with Crippen molar-refractivity contribution in [3.8, 4) is 0 Å². The molecule has 0 N–H and O–H groups in total. The molecule has 5 aliphatic rings. The lowest BCUT2D eigenvalue weighted by Gasteiger charge is -2.47. The standard InChI is InChI=1S/C20H30N3O4/c1-25-17(24)16-15-8-7-14-13-19(9-3-2-5-11-26-19)21-18(23(14)15)22-20(16)10-4-6-12-27-20/h14-16H,2-13H2,1H3/q+1/t14-,15+,16?,19-,20+/m0/s1. The first kappa shape index (κ1) is 17.7. The summed E-state index contributed by atoms with van der Waals surface area (Å²) in [5, 5.41) is 5.04. The fourth-order valence-corrected chi connectivity index (χ4v) is 5.89. The van der Waals surface area contributed by atoms with Crippen LogP contribution in [0.25, 0.3) is 0 Å². The third kappa shape index (κ3) is 2.77. The zero-order valence-electron chi connectivity index (χ0n) is 16.2. The van der Waals surface area contributed by atoms with Gasteiger partial charge in [0.2, 0.25) is 11.4 Å². The van der Waals surface area contributed by atoms with Gasteiger partial charge in [0, 0.05) is 19.3 Å². The fourth-order valence-electron chi connectivity index (χ4n) is 5.89. The average molecular weight is 376 g/mol. The van der Waals surface area contributed by atoms with Crippen molar-refractivity contribution in [3.63, 3.8) is 0 Å². The number of carbonyl (C=O) groups is 1. The van der Waals surface area contributed by atoms with Gasteiger partial charge in [0.15, 0.2) is 5.92 Å². The van der Waals surface area contributed by atoms with Gasteiger partial charge in [0.1, 0.15) is 0 Å². The lowest BCUT2D eigenvalue weighted by atomic mass is 9.80. The smallest absolute Gasteiger partial charge is 0.424 e. The van der Waals surface area contributed by atoms with E-state index in [1.165, 1.54) is 13.5 Å². The van der Waals surface area contributed by atoms with Gasteiger partial charge in [-0.25, -0.2) is 0 Å². The Morgan fingerprint density at radius 2 is 1.96 bits per heavy atom. The van der Waals surface area contributed by atoms with E-state index < -0.39 is 11.4 Å². The number of ether oxygens (including phenoxy) is 3. The van der Waals surface area contributed by atoms with Crippen molar-refractivity contribution in [3.05, 3.63) is 0 Å². The Morgan fingerprint density at radius 3 is 2.78 bits per heavy atom. The molecule has 0 saturated carbocycles. The first-order valence-electron chi connectivity index (χ1n) is 10.6. The predicted octanol–water partition coefficient (Wildman–Crippen LogP) is 1.51. The Balaban J connectivity index is 1.54. The highest BCUT2D eigenvalue weighted by atomic mass is 16.5. The largest absolute Gasteiger partial charge is 0.469 e. The highest BCUT2D eigenvalue weighted by Crippen LogP contribution is 2.47. The van der Waals surface area contributed by atoms with Crippen molar-refractivity contribution in [2.75, 3.05) is 20.3 Å². The van der Waals surface area contributed by atoms with E-state index in [4.69, 9.17) is 24.5 Å². The zero-order valence-corrected chi connectivity index (χ0v) is 16.2. The van der Waals surface area contributed by atoms with E-state index >= 15 is 0 Å². The highest BCUT2D eigenvalue weighted by molar-refractivity contribution is 5.86. The van der Waals surface area contributed by atoms with Crippen LogP contribution in [0.5, 0.6) is 0 Å². The number of esters is 1. The molecule has 0 amide bonds. The van der Waals surface area contributed by atoms with Crippen molar-refractivity contribution >= 4 is 11.9 Å². The summed E-state index contributed by atoms with van der Waals surface area (Å²) in [6, 6.07) is 0.414. The molecular formula is C20H30N3O4+. The van der Waals surface area contributed by atoms with Gasteiger partial charge in [0.05, 0.1) is 32.4 Å². The van der Waals surface area contributed by atoms with Crippen molar-refractivity contribution in [1.82, 2.24) is 15.2 Å². The van der Waals surface area contributed by atoms with Gasteiger partial charge in [0.25, 0.3) is 0 Å². The second-order valence-corrected chi connectivity index (χ2v) is 8.69. The van der Waals surface area contributed by atoms with E-state index in [9.17, 15) is 4.79 Å². The third-order valence-corrected chi connectivity index (χ3v) is 7.11. The van der Waals surface area contributed by atoms with E-state index in [1.54, 1.807) is 0 Å². The normalized spacial score (nSPS) is 43.7. The first-order valence-corrected chi connectivity index (χ1v) is 10.6. The lowest BCUT2D eigenvalue weighted by molar-refractivity contribution is -0.188. The first-order chi connectivity index (χ1) is 13.2. The molecule has 5 atom stereocenters. The van der Waals surface area contributed by atoms with Crippen LogP contribution in [0.15, 0.2) is 0 Å². The number of nitrogens with zero attached hydrogens (tertiary/aromatic N) is 3. The minimum Gasteiger partial charge on any atom is -0.469 e. The molecule has 0 bridgehead atoms. The van der Waals surface area contributed by atoms with Gasteiger partial charge >= 0.3 is 11.9 Å². The molecule has 2 radical (unpaired) electrons. The molecule has 2 spiro atoms. The Labute approximate surface area is 160 Å². The minimum atomic E-state index is -0.816. The Kier molecular flexibility index (Phi) is 4.35. The Hall–Kier alpha value is -1.34. The molecule has 0 aromatic carbocycles. The average Bonchev–Trinajstić information content (AvgIpc) is 2.95. The van der Waals surface area contributed by atoms with Crippen LogP contribution in [0.2, 0.25) is 0 Å². The molecule has 27 heavy (non-hydrogen) atoms. The van der Waals surface area contributed by atoms with Crippen LogP contribution in [0, 0.1) is 5.92 Å². The maximum Gasteiger partial charge on any atom is 0.424 e. The molecule has 0 aromatic heterocycles. The predicted molar refractivity (Wildman–Crippen MR) is 97.7 cm³/mol. The Bertz CT molecular complexity index is 623. The minimum absolute atomic E-state index is 0.0694.